The van der Waals surface area contributed by atoms with E-state index in [1.807, 2.05) is 56.3 Å². The molecule has 0 amide bonds. The molecule has 1 heterocycles. The van der Waals surface area contributed by atoms with Crippen molar-refractivity contribution in [2.24, 2.45) is 4.99 Å². The second-order valence-electron chi connectivity index (χ2n) is 7.31. The first-order valence-corrected chi connectivity index (χ1v) is 8.84. The van der Waals surface area contributed by atoms with Crippen LogP contribution in [-0.4, -0.2) is 22.2 Å². The van der Waals surface area contributed by atoms with Gasteiger partial charge in [0.05, 0.1) is 0 Å². The van der Waals surface area contributed by atoms with Crippen molar-refractivity contribution in [1.29, 1.82) is 0 Å². The third-order valence-electron chi connectivity index (χ3n) is 4.89. The number of allylic oxidation sites excluding steroid dienone is 1. The summed E-state index contributed by atoms with van der Waals surface area (Å²) in [5.74, 6) is 0.513. The molecule has 2 aromatic carbocycles. The molecule has 2 aromatic rings. The number of hydrogen-bond acceptors (Lipinski definition) is 4. The Morgan fingerprint density at radius 3 is 2.42 bits per heavy atom. The summed E-state index contributed by atoms with van der Waals surface area (Å²) in [5, 5.41) is 10.5. The highest BCUT2D eigenvalue weighted by Gasteiger charge is 2.38. The highest BCUT2D eigenvalue weighted by atomic mass is 16.5. The van der Waals surface area contributed by atoms with Crippen molar-refractivity contribution in [3.05, 3.63) is 76.9 Å². The molecule has 1 N–H and O–H groups in total. The van der Waals surface area contributed by atoms with Crippen molar-refractivity contribution in [2.45, 2.75) is 38.5 Å². The fourth-order valence-corrected chi connectivity index (χ4v) is 3.47. The smallest absolute Gasteiger partial charge is 0.211 e. The Morgan fingerprint density at radius 1 is 1.04 bits per heavy atom. The van der Waals surface area contributed by atoms with Crippen molar-refractivity contribution in [1.82, 2.24) is 0 Å². The number of benzene rings is 2. The van der Waals surface area contributed by atoms with Crippen LogP contribution in [0.15, 0.2) is 65.2 Å². The highest BCUT2D eigenvalue weighted by Crippen LogP contribution is 2.41. The number of aliphatic imine (C=N–C) groups is 1. The van der Waals surface area contributed by atoms with Crippen LogP contribution in [0.5, 0.6) is 0 Å². The molecule has 0 fully saturated rings. The summed E-state index contributed by atoms with van der Waals surface area (Å²) in [4.78, 5) is 17.5. The molecule has 132 valence electrons. The Kier molecular flexibility index (Phi) is 4.00. The van der Waals surface area contributed by atoms with Gasteiger partial charge in [-0.3, -0.25) is 4.79 Å². The number of fused-ring (bicyclic) bond motifs is 2. The molecule has 4 nitrogen and oxygen atoms in total. The molecule has 4 rings (SSSR count). The van der Waals surface area contributed by atoms with Crippen LogP contribution in [0.25, 0.3) is 5.76 Å². The lowest BCUT2D eigenvalue weighted by atomic mass is 9.82. The number of carbonyl (C=O) groups excluding carboxylic acids is 1. The predicted octanol–water partition coefficient (Wildman–Crippen LogP) is 4.05. The van der Waals surface area contributed by atoms with E-state index in [2.05, 4.69) is 4.99 Å². The fraction of sp³-hybridized carbons (Fsp3) is 0.273. The molecule has 26 heavy (non-hydrogen) atoms. The maximum atomic E-state index is 13.1. The molecular weight excluding hydrogens is 326 g/mol. The van der Waals surface area contributed by atoms with Crippen LogP contribution in [0.3, 0.4) is 0 Å². The number of nitrogens with zero attached hydrogens (tertiary/aromatic N) is 1. The minimum atomic E-state index is -1.08. The van der Waals surface area contributed by atoms with E-state index in [-0.39, 0.29) is 11.4 Å². The zero-order chi connectivity index (χ0) is 18.3. The van der Waals surface area contributed by atoms with Crippen molar-refractivity contribution >= 4 is 17.3 Å². The van der Waals surface area contributed by atoms with Crippen LogP contribution in [-0.2, 0) is 9.53 Å². The fourth-order valence-electron chi connectivity index (χ4n) is 3.47. The van der Waals surface area contributed by atoms with Gasteiger partial charge in [-0.2, -0.15) is 0 Å². The van der Waals surface area contributed by atoms with Gasteiger partial charge in [0.25, 0.3) is 0 Å². The van der Waals surface area contributed by atoms with Crippen molar-refractivity contribution in [3.8, 4) is 0 Å². The Balaban J connectivity index is 1.83. The topological polar surface area (TPSA) is 58.9 Å². The summed E-state index contributed by atoms with van der Waals surface area (Å²) in [6.45, 7) is 4.07. The van der Waals surface area contributed by atoms with Gasteiger partial charge in [-0.1, -0.05) is 54.6 Å². The maximum Gasteiger partial charge on any atom is 0.211 e. The summed E-state index contributed by atoms with van der Waals surface area (Å²) in [7, 11) is 0. The van der Waals surface area contributed by atoms with E-state index in [9.17, 15) is 9.90 Å². The number of aliphatic hydroxyl groups is 1. The average molecular weight is 347 g/mol. The molecular formula is C22H21NO3. The summed E-state index contributed by atoms with van der Waals surface area (Å²) >= 11 is 0. The van der Waals surface area contributed by atoms with Gasteiger partial charge in [0.1, 0.15) is 17.1 Å². The van der Waals surface area contributed by atoms with Gasteiger partial charge in [0, 0.05) is 22.3 Å². The van der Waals surface area contributed by atoms with E-state index < -0.39 is 6.23 Å². The largest absolute Gasteiger partial charge is 0.487 e. The van der Waals surface area contributed by atoms with Gasteiger partial charge in [-0.25, -0.2) is 4.99 Å². The van der Waals surface area contributed by atoms with Gasteiger partial charge in [-0.05, 0) is 26.7 Å². The first-order chi connectivity index (χ1) is 12.5. The highest BCUT2D eigenvalue weighted by molar-refractivity contribution is 6.54. The SMILES string of the molecule is CC1(C)CCC2=C(O1)c1ccccc1/C(=N/C(O)c1ccccc1)C2=O. The molecule has 0 spiro atoms. The normalized spacial score (nSPS) is 21.0. The number of hydrogen-bond donors (Lipinski definition) is 1. The molecule has 1 aliphatic heterocycles. The van der Waals surface area contributed by atoms with Crippen molar-refractivity contribution in [2.75, 3.05) is 0 Å². The lowest BCUT2D eigenvalue weighted by Crippen LogP contribution is -2.35. The van der Waals surface area contributed by atoms with Gasteiger partial charge in [0.2, 0.25) is 5.78 Å². The van der Waals surface area contributed by atoms with E-state index in [1.165, 1.54) is 0 Å². The van der Waals surface area contributed by atoms with Crippen LogP contribution in [0.2, 0.25) is 0 Å². The standard InChI is InChI=1S/C22H21NO3/c1-22(2)13-12-17-19(24)18(23-21(25)14-8-4-3-5-9-14)15-10-6-7-11-16(15)20(17)26-22/h3-11,21,25H,12-13H2,1-2H3/b23-18-. The Morgan fingerprint density at radius 2 is 1.69 bits per heavy atom. The van der Waals surface area contributed by atoms with Crippen LogP contribution in [0, 0.1) is 0 Å². The zero-order valence-electron chi connectivity index (χ0n) is 14.9. The number of Topliss-reactive ketones (excluding diaryl/α,β-unsaturated/α-hetero) is 1. The van der Waals surface area contributed by atoms with Crippen molar-refractivity contribution in [3.63, 3.8) is 0 Å². The minimum absolute atomic E-state index is 0.149. The Bertz CT molecular complexity index is 925. The minimum Gasteiger partial charge on any atom is -0.487 e. The van der Waals surface area contributed by atoms with Gasteiger partial charge in [-0.15, -0.1) is 0 Å². The quantitative estimate of drug-likeness (QED) is 0.891. The third kappa shape index (κ3) is 2.86. The zero-order valence-corrected chi connectivity index (χ0v) is 14.9. The third-order valence-corrected chi connectivity index (χ3v) is 4.89. The Hall–Kier alpha value is -2.72. The number of rotatable bonds is 2. The van der Waals surface area contributed by atoms with Crippen LogP contribution in [0.4, 0.5) is 0 Å². The molecule has 2 aliphatic rings. The van der Waals surface area contributed by atoms with Crippen LogP contribution >= 0.6 is 0 Å². The summed E-state index contributed by atoms with van der Waals surface area (Å²) in [6, 6.07) is 16.8. The summed E-state index contributed by atoms with van der Waals surface area (Å²) < 4.78 is 6.15. The summed E-state index contributed by atoms with van der Waals surface area (Å²) in [6.07, 6.45) is 0.343. The van der Waals surface area contributed by atoms with Crippen molar-refractivity contribution < 1.29 is 14.6 Å². The van der Waals surface area contributed by atoms with E-state index in [4.69, 9.17) is 4.74 Å². The maximum absolute atomic E-state index is 13.1. The lowest BCUT2D eigenvalue weighted by molar-refractivity contribution is -0.110. The molecule has 0 saturated heterocycles. The first-order valence-electron chi connectivity index (χ1n) is 8.84. The molecule has 0 saturated carbocycles. The number of ketones is 1. The van der Waals surface area contributed by atoms with Gasteiger partial charge in [0.15, 0.2) is 6.23 Å². The molecule has 0 aromatic heterocycles. The molecule has 0 bridgehead atoms. The van der Waals surface area contributed by atoms with Crippen LogP contribution < -0.4 is 0 Å². The molecule has 0 radical (unpaired) electrons. The van der Waals surface area contributed by atoms with E-state index >= 15 is 0 Å². The molecule has 1 aliphatic carbocycles. The van der Waals surface area contributed by atoms with E-state index in [1.54, 1.807) is 12.1 Å². The number of aliphatic hydroxyl groups excluding tert-OH is 1. The van der Waals surface area contributed by atoms with E-state index in [0.29, 0.717) is 34.6 Å². The van der Waals surface area contributed by atoms with Gasteiger partial charge >= 0.3 is 0 Å². The monoisotopic (exact) mass is 347 g/mol. The lowest BCUT2D eigenvalue weighted by Gasteiger charge is -2.36. The number of carbonyl (C=O) groups is 1. The van der Waals surface area contributed by atoms with Crippen LogP contribution in [0.1, 0.15) is 49.6 Å². The molecule has 1 unspecified atom stereocenters. The Labute approximate surface area is 152 Å². The van der Waals surface area contributed by atoms with Gasteiger partial charge < -0.3 is 9.84 Å². The first kappa shape index (κ1) is 16.7. The van der Waals surface area contributed by atoms with E-state index in [0.717, 1.165) is 12.0 Å². The molecule has 4 heteroatoms. The predicted molar refractivity (Wildman–Crippen MR) is 101 cm³/mol. The summed E-state index contributed by atoms with van der Waals surface area (Å²) in [5.41, 5.74) is 2.90. The number of ether oxygens (including phenoxy) is 1. The second kappa shape index (κ2) is 6.22. The second-order valence-corrected chi connectivity index (χ2v) is 7.31. The average Bonchev–Trinajstić information content (AvgIpc) is 2.65. The molecule has 1 atom stereocenters.